The van der Waals surface area contributed by atoms with Gasteiger partial charge in [0.15, 0.2) is 0 Å². The molecule has 0 spiro atoms. The van der Waals surface area contributed by atoms with Gasteiger partial charge in [0.25, 0.3) is 5.56 Å². The minimum Gasteiger partial charge on any atom is -0.380 e. The molecule has 1 aliphatic rings. The second kappa shape index (κ2) is 2.67. The minimum atomic E-state index is -0.489. The third-order valence-corrected chi connectivity index (χ3v) is 2.70. The first-order valence-corrected chi connectivity index (χ1v) is 4.56. The van der Waals surface area contributed by atoms with Crippen LogP contribution in [0.4, 0.5) is 4.39 Å². The van der Waals surface area contributed by atoms with Crippen molar-refractivity contribution in [3.8, 4) is 0 Å². The van der Waals surface area contributed by atoms with Gasteiger partial charge in [-0.25, -0.2) is 4.39 Å². The molecule has 0 saturated carbocycles. The van der Waals surface area contributed by atoms with E-state index in [0.717, 1.165) is 5.39 Å². The van der Waals surface area contributed by atoms with E-state index in [1.165, 1.54) is 16.7 Å². The monoisotopic (exact) mass is 204 g/mol. The number of halogens is 1. The summed E-state index contributed by atoms with van der Waals surface area (Å²) in [5.41, 5.74) is 0.420. The van der Waals surface area contributed by atoms with E-state index in [1.807, 2.05) is 0 Å². The smallest absolute Gasteiger partial charge is 0.251 e. The van der Waals surface area contributed by atoms with Crippen LogP contribution >= 0.6 is 0 Å². The van der Waals surface area contributed by atoms with Gasteiger partial charge in [-0.1, -0.05) is 0 Å². The van der Waals surface area contributed by atoms with E-state index in [-0.39, 0.29) is 23.8 Å². The zero-order valence-corrected chi connectivity index (χ0v) is 7.70. The van der Waals surface area contributed by atoms with Crippen molar-refractivity contribution in [3.05, 3.63) is 52.1 Å². The largest absolute Gasteiger partial charge is 0.380 e. The highest BCUT2D eigenvalue weighted by Gasteiger charge is 2.27. The molecule has 3 nitrogen and oxygen atoms in total. The van der Waals surface area contributed by atoms with Crippen molar-refractivity contribution in [1.82, 2.24) is 4.57 Å². The van der Waals surface area contributed by atoms with E-state index >= 15 is 0 Å². The van der Waals surface area contributed by atoms with Crippen LogP contribution in [0.1, 0.15) is 5.56 Å². The summed E-state index contributed by atoms with van der Waals surface area (Å²) in [4.78, 5) is 11.5. The summed E-state index contributed by atoms with van der Waals surface area (Å²) in [7, 11) is 0. The molecule has 15 heavy (non-hydrogen) atoms. The normalized spacial score (nSPS) is 15.1. The van der Waals surface area contributed by atoms with Gasteiger partial charge in [-0.05, 0) is 23.6 Å². The van der Waals surface area contributed by atoms with Crippen LogP contribution in [0.25, 0.3) is 10.9 Å². The second-order valence-electron chi connectivity index (χ2n) is 3.56. The van der Waals surface area contributed by atoms with E-state index in [9.17, 15) is 14.3 Å². The number of hydrogen-bond donors (Lipinski definition) is 1. The lowest BCUT2D eigenvalue weighted by Crippen LogP contribution is -2.17. The van der Waals surface area contributed by atoms with Crippen LogP contribution in [0.3, 0.4) is 0 Å². The van der Waals surface area contributed by atoms with E-state index in [4.69, 9.17) is 0 Å². The van der Waals surface area contributed by atoms with E-state index in [1.54, 1.807) is 12.1 Å². The summed E-state index contributed by atoms with van der Waals surface area (Å²) in [6.45, 7) is 0.0619. The SMILES string of the molecule is O=c1ccc2ccc(F)c3c2n1C[C]3O. The van der Waals surface area contributed by atoms with Crippen molar-refractivity contribution >= 4 is 10.9 Å². The molecule has 4 heteroatoms. The Morgan fingerprint density at radius 1 is 1.27 bits per heavy atom. The minimum absolute atomic E-state index is 0.0619. The molecule has 1 radical (unpaired) electrons. The van der Waals surface area contributed by atoms with Crippen molar-refractivity contribution < 1.29 is 9.50 Å². The molecule has 1 aromatic carbocycles. The maximum Gasteiger partial charge on any atom is 0.251 e. The van der Waals surface area contributed by atoms with E-state index in [0.29, 0.717) is 5.52 Å². The zero-order valence-electron chi connectivity index (χ0n) is 7.70. The summed E-state index contributed by atoms with van der Waals surface area (Å²) in [5.74, 6) is -0.489. The van der Waals surface area contributed by atoms with Crippen molar-refractivity contribution in [3.63, 3.8) is 0 Å². The summed E-state index contributed by atoms with van der Waals surface area (Å²) < 4.78 is 14.8. The van der Waals surface area contributed by atoms with Crippen LogP contribution < -0.4 is 5.56 Å². The van der Waals surface area contributed by atoms with Crippen molar-refractivity contribution in [1.29, 1.82) is 0 Å². The fourth-order valence-electron chi connectivity index (χ4n) is 2.03. The molecule has 0 aliphatic carbocycles. The lowest BCUT2D eigenvalue weighted by atomic mass is 10.1. The van der Waals surface area contributed by atoms with Crippen molar-refractivity contribution in [2.75, 3.05) is 0 Å². The van der Waals surface area contributed by atoms with E-state index in [2.05, 4.69) is 0 Å². The van der Waals surface area contributed by atoms with Crippen molar-refractivity contribution in [2.45, 2.75) is 6.54 Å². The van der Waals surface area contributed by atoms with Gasteiger partial charge in [-0.15, -0.1) is 0 Å². The third kappa shape index (κ3) is 0.995. The molecule has 75 valence electrons. The van der Waals surface area contributed by atoms with Gasteiger partial charge in [-0.2, -0.15) is 0 Å². The Morgan fingerprint density at radius 3 is 2.80 bits per heavy atom. The lowest BCUT2D eigenvalue weighted by Gasteiger charge is -2.02. The molecule has 0 atom stereocenters. The predicted molar refractivity (Wildman–Crippen MR) is 52.4 cm³/mol. The Hall–Kier alpha value is -1.68. The second-order valence-corrected chi connectivity index (χ2v) is 3.56. The highest BCUT2D eigenvalue weighted by molar-refractivity contribution is 5.85. The van der Waals surface area contributed by atoms with Crippen LogP contribution in [-0.4, -0.2) is 9.67 Å². The number of aliphatic hydroxyl groups is 1. The molecule has 0 fully saturated rings. The average Bonchev–Trinajstić information content (AvgIpc) is 2.56. The molecule has 0 saturated heterocycles. The molecule has 1 aromatic heterocycles. The highest BCUT2D eigenvalue weighted by Crippen LogP contribution is 2.31. The first-order chi connectivity index (χ1) is 7.18. The highest BCUT2D eigenvalue weighted by atomic mass is 19.1. The third-order valence-electron chi connectivity index (χ3n) is 2.70. The fourth-order valence-corrected chi connectivity index (χ4v) is 2.03. The molecule has 2 aromatic rings. The number of aromatic nitrogens is 1. The number of rotatable bonds is 0. The summed E-state index contributed by atoms with van der Waals surface area (Å²) in [5, 5.41) is 10.3. The molecule has 1 aliphatic heterocycles. The average molecular weight is 204 g/mol. The van der Waals surface area contributed by atoms with Gasteiger partial charge in [0.1, 0.15) is 11.9 Å². The van der Waals surface area contributed by atoms with Gasteiger partial charge < -0.3 is 9.67 Å². The van der Waals surface area contributed by atoms with Gasteiger partial charge >= 0.3 is 0 Å². The van der Waals surface area contributed by atoms with Crippen molar-refractivity contribution in [2.24, 2.45) is 0 Å². The van der Waals surface area contributed by atoms with Crippen LogP contribution in [0.15, 0.2) is 29.1 Å². The maximum absolute atomic E-state index is 13.4. The van der Waals surface area contributed by atoms with Gasteiger partial charge in [0.2, 0.25) is 0 Å². The van der Waals surface area contributed by atoms with Gasteiger partial charge in [0, 0.05) is 11.6 Å². The fraction of sp³-hybridized carbons (Fsp3) is 0.0909. The topological polar surface area (TPSA) is 42.2 Å². The van der Waals surface area contributed by atoms with Crippen LogP contribution in [0.2, 0.25) is 0 Å². The van der Waals surface area contributed by atoms with Crippen LogP contribution in [0, 0.1) is 11.9 Å². The van der Waals surface area contributed by atoms with Crippen LogP contribution in [0.5, 0.6) is 0 Å². The zero-order chi connectivity index (χ0) is 10.6. The molecule has 2 heterocycles. The van der Waals surface area contributed by atoms with E-state index < -0.39 is 5.82 Å². The molecular formula is C11H7FNO2. The first-order valence-electron chi connectivity index (χ1n) is 4.56. The molecular weight excluding hydrogens is 197 g/mol. The number of benzene rings is 1. The molecule has 0 bridgehead atoms. The molecule has 0 unspecified atom stereocenters. The van der Waals surface area contributed by atoms with Gasteiger partial charge in [0.05, 0.1) is 12.1 Å². The number of hydrogen-bond acceptors (Lipinski definition) is 2. The Balaban J connectivity index is 2.59. The summed E-state index contributed by atoms with van der Waals surface area (Å²) in [6.07, 6.45) is -0.0820. The molecule has 1 N–H and O–H groups in total. The lowest BCUT2D eigenvalue weighted by molar-refractivity contribution is 0.307. The molecule has 0 amide bonds. The quantitative estimate of drug-likeness (QED) is 0.704. The van der Waals surface area contributed by atoms with Gasteiger partial charge in [-0.3, -0.25) is 4.79 Å². The Morgan fingerprint density at radius 2 is 2.00 bits per heavy atom. The Labute approximate surface area is 84.4 Å². The van der Waals surface area contributed by atoms with Crippen LogP contribution in [-0.2, 0) is 6.54 Å². The maximum atomic E-state index is 13.4. The number of aliphatic hydroxyl groups excluding tert-OH is 1. The summed E-state index contributed by atoms with van der Waals surface area (Å²) in [6, 6.07) is 5.95. The number of pyridine rings is 1. The summed E-state index contributed by atoms with van der Waals surface area (Å²) >= 11 is 0. The number of nitrogens with zero attached hydrogens (tertiary/aromatic N) is 1. The Kier molecular flexibility index (Phi) is 1.53. The standard InChI is InChI=1S/C11H7FNO2/c12-7-3-1-6-2-4-9(15)13-5-8(14)10(7)11(6)13/h1-4,14H,5H2. The predicted octanol–water partition coefficient (Wildman–Crippen LogP) is 1.41. The Bertz CT molecular complexity index is 618. The first kappa shape index (κ1) is 8.61. The molecule has 3 rings (SSSR count).